The summed E-state index contributed by atoms with van der Waals surface area (Å²) in [5.74, 6) is 0.593. The van der Waals surface area contributed by atoms with Crippen LogP contribution in [0.2, 0.25) is 0 Å². The van der Waals surface area contributed by atoms with Crippen LogP contribution in [0.4, 0.5) is 0 Å². The van der Waals surface area contributed by atoms with Crippen molar-refractivity contribution >= 4 is 16.7 Å². The van der Waals surface area contributed by atoms with Crippen LogP contribution >= 0.6 is 0 Å². The Morgan fingerprint density at radius 1 is 1.07 bits per heavy atom. The largest absolute Gasteiger partial charge is 0.497 e. The predicted octanol–water partition coefficient (Wildman–Crippen LogP) is 3.69. The Bertz CT molecular complexity index is 1110. The lowest BCUT2D eigenvalue weighted by atomic mass is 9.76. The lowest BCUT2D eigenvalue weighted by Gasteiger charge is -2.39. The maximum Gasteiger partial charge on any atom is 0.275 e. The smallest absolute Gasteiger partial charge is 0.275 e. The molecule has 0 saturated heterocycles. The van der Waals surface area contributed by atoms with Gasteiger partial charge in [-0.2, -0.15) is 5.10 Å². The van der Waals surface area contributed by atoms with Crippen molar-refractivity contribution in [3.8, 4) is 5.75 Å². The van der Waals surface area contributed by atoms with E-state index >= 15 is 0 Å². The van der Waals surface area contributed by atoms with Crippen LogP contribution in [0.5, 0.6) is 5.75 Å². The van der Waals surface area contributed by atoms with Gasteiger partial charge in [-0.05, 0) is 43.5 Å². The van der Waals surface area contributed by atoms with Crippen molar-refractivity contribution in [1.82, 2.24) is 15.1 Å². The van der Waals surface area contributed by atoms with Gasteiger partial charge in [0.15, 0.2) is 0 Å². The molecule has 0 spiro atoms. The van der Waals surface area contributed by atoms with Gasteiger partial charge in [0.05, 0.1) is 23.7 Å². The molecule has 1 heterocycles. The van der Waals surface area contributed by atoms with Gasteiger partial charge in [-0.25, -0.2) is 4.68 Å². The molecule has 0 unspecified atom stereocenters. The van der Waals surface area contributed by atoms with Gasteiger partial charge < -0.3 is 10.1 Å². The number of rotatable bonds is 5. The average Bonchev–Trinajstić information content (AvgIpc) is 2.78. The fourth-order valence-corrected chi connectivity index (χ4v) is 4.51. The number of hydrogen-bond donors (Lipinski definition) is 1. The van der Waals surface area contributed by atoms with Crippen LogP contribution in [0.15, 0.2) is 53.3 Å². The molecule has 1 saturated carbocycles. The number of carbonyl (C=O) groups excluding carboxylic acids is 1. The topological polar surface area (TPSA) is 73.2 Å². The van der Waals surface area contributed by atoms with E-state index < -0.39 is 5.54 Å². The minimum atomic E-state index is -0.420. The molecule has 1 aliphatic carbocycles. The molecule has 1 aliphatic rings. The highest BCUT2D eigenvalue weighted by atomic mass is 16.5. The standard InChI is InChI=1S/C24H27N3O3/c1-17-20-8-4-5-9-21(20)23(29)27(26-17)16-22(28)25-24(14-6-3-7-15-24)18-10-12-19(30-2)13-11-18/h4-5,8-13H,3,6-7,14-16H2,1-2H3,(H,25,28). The van der Waals surface area contributed by atoms with Crippen LogP contribution < -0.4 is 15.6 Å². The van der Waals surface area contributed by atoms with Crippen molar-refractivity contribution in [3.63, 3.8) is 0 Å². The van der Waals surface area contributed by atoms with E-state index in [2.05, 4.69) is 10.4 Å². The van der Waals surface area contributed by atoms with Gasteiger partial charge >= 0.3 is 0 Å². The first-order chi connectivity index (χ1) is 14.5. The molecule has 3 aromatic rings. The minimum Gasteiger partial charge on any atom is -0.497 e. The molecule has 4 rings (SSSR count). The highest BCUT2D eigenvalue weighted by Gasteiger charge is 2.35. The third-order valence-electron chi connectivity index (χ3n) is 6.07. The maximum atomic E-state index is 13.0. The number of aryl methyl sites for hydroxylation is 1. The molecule has 1 aromatic heterocycles. The minimum absolute atomic E-state index is 0.0948. The number of carbonyl (C=O) groups is 1. The van der Waals surface area contributed by atoms with E-state index in [4.69, 9.17) is 4.74 Å². The van der Waals surface area contributed by atoms with Crippen molar-refractivity contribution < 1.29 is 9.53 Å². The van der Waals surface area contributed by atoms with Crippen LogP contribution in [0.25, 0.3) is 10.8 Å². The highest BCUT2D eigenvalue weighted by molar-refractivity contribution is 5.83. The predicted molar refractivity (Wildman–Crippen MR) is 117 cm³/mol. The Labute approximate surface area is 175 Å². The van der Waals surface area contributed by atoms with Crippen molar-refractivity contribution in [3.05, 3.63) is 70.1 Å². The van der Waals surface area contributed by atoms with Gasteiger partial charge in [0.25, 0.3) is 5.56 Å². The molecule has 6 nitrogen and oxygen atoms in total. The van der Waals surface area contributed by atoms with Gasteiger partial charge in [-0.3, -0.25) is 9.59 Å². The zero-order valence-corrected chi connectivity index (χ0v) is 17.5. The molecule has 1 N–H and O–H groups in total. The summed E-state index contributed by atoms with van der Waals surface area (Å²) >= 11 is 0. The molecule has 0 aliphatic heterocycles. The number of fused-ring (bicyclic) bond motifs is 1. The molecule has 2 aromatic carbocycles. The molecule has 1 amide bonds. The number of aromatic nitrogens is 2. The number of benzene rings is 2. The summed E-state index contributed by atoms with van der Waals surface area (Å²) in [6.07, 6.45) is 5.03. The molecule has 0 atom stereocenters. The number of nitrogens with zero attached hydrogens (tertiary/aromatic N) is 2. The first-order valence-corrected chi connectivity index (χ1v) is 10.4. The molecule has 156 valence electrons. The number of amides is 1. The second-order valence-corrected chi connectivity index (χ2v) is 8.01. The summed E-state index contributed by atoms with van der Waals surface area (Å²) < 4.78 is 6.55. The molecule has 30 heavy (non-hydrogen) atoms. The lowest BCUT2D eigenvalue weighted by molar-refractivity contribution is -0.124. The van der Waals surface area contributed by atoms with Crippen LogP contribution in [-0.4, -0.2) is 22.8 Å². The molecule has 0 radical (unpaired) electrons. The summed E-state index contributed by atoms with van der Waals surface area (Å²) in [7, 11) is 1.64. The van der Waals surface area contributed by atoms with Gasteiger partial charge in [0, 0.05) is 5.39 Å². The zero-order valence-electron chi connectivity index (χ0n) is 17.5. The molecular formula is C24H27N3O3. The number of hydrogen-bond acceptors (Lipinski definition) is 4. The Kier molecular flexibility index (Phi) is 5.57. The van der Waals surface area contributed by atoms with Crippen molar-refractivity contribution in [2.75, 3.05) is 7.11 Å². The number of methoxy groups -OCH3 is 1. The SMILES string of the molecule is COc1ccc(C2(NC(=O)Cn3nc(C)c4ccccc4c3=O)CCCCC2)cc1. The van der Waals surface area contributed by atoms with Gasteiger partial charge in [-0.1, -0.05) is 49.6 Å². The monoisotopic (exact) mass is 405 g/mol. The van der Waals surface area contributed by atoms with Crippen LogP contribution in [0, 0.1) is 6.92 Å². The number of ether oxygens (including phenoxy) is 1. The number of nitrogens with one attached hydrogen (secondary N) is 1. The second-order valence-electron chi connectivity index (χ2n) is 8.01. The van der Waals surface area contributed by atoms with Crippen LogP contribution in [0.1, 0.15) is 43.4 Å². The normalized spacial score (nSPS) is 15.7. The van der Waals surface area contributed by atoms with Crippen LogP contribution in [0.3, 0.4) is 0 Å². The molecular weight excluding hydrogens is 378 g/mol. The van der Waals surface area contributed by atoms with E-state index in [0.29, 0.717) is 5.39 Å². The fourth-order valence-electron chi connectivity index (χ4n) is 4.51. The van der Waals surface area contributed by atoms with E-state index in [0.717, 1.165) is 48.1 Å². The molecule has 6 heteroatoms. The van der Waals surface area contributed by atoms with Crippen molar-refractivity contribution in [2.24, 2.45) is 0 Å². The zero-order chi connectivity index (χ0) is 21.1. The third kappa shape index (κ3) is 3.82. The Hall–Kier alpha value is -3.15. The van der Waals surface area contributed by atoms with E-state index in [1.54, 1.807) is 13.2 Å². The third-order valence-corrected chi connectivity index (χ3v) is 6.07. The van der Waals surface area contributed by atoms with Crippen molar-refractivity contribution in [2.45, 2.75) is 51.1 Å². The van der Waals surface area contributed by atoms with E-state index in [-0.39, 0.29) is 18.0 Å². The Balaban J connectivity index is 1.61. The maximum absolute atomic E-state index is 13.0. The van der Waals surface area contributed by atoms with Gasteiger partial charge in [0.2, 0.25) is 5.91 Å². The van der Waals surface area contributed by atoms with E-state index in [1.165, 1.54) is 11.1 Å². The van der Waals surface area contributed by atoms with Crippen LogP contribution in [-0.2, 0) is 16.9 Å². The summed E-state index contributed by atoms with van der Waals surface area (Å²) in [6, 6.07) is 15.3. The highest BCUT2D eigenvalue weighted by Crippen LogP contribution is 2.37. The lowest BCUT2D eigenvalue weighted by Crippen LogP contribution is -2.49. The summed E-state index contributed by atoms with van der Waals surface area (Å²) in [5, 5.41) is 9.03. The van der Waals surface area contributed by atoms with E-state index in [1.807, 2.05) is 49.4 Å². The first kappa shape index (κ1) is 20.1. The Morgan fingerprint density at radius 3 is 2.40 bits per heavy atom. The Morgan fingerprint density at radius 2 is 1.73 bits per heavy atom. The quantitative estimate of drug-likeness (QED) is 0.703. The van der Waals surface area contributed by atoms with Gasteiger partial charge in [-0.15, -0.1) is 0 Å². The van der Waals surface area contributed by atoms with Gasteiger partial charge in [0.1, 0.15) is 12.3 Å². The summed E-state index contributed by atoms with van der Waals surface area (Å²) in [5.41, 5.74) is 1.15. The molecule has 0 bridgehead atoms. The summed E-state index contributed by atoms with van der Waals surface area (Å²) in [4.78, 5) is 25.9. The first-order valence-electron chi connectivity index (χ1n) is 10.4. The fraction of sp³-hybridized carbons (Fsp3) is 0.375. The van der Waals surface area contributed by atoms with Crippen molar-refractivity contribution in [1.29, 1.82) is 0 Å². The van der Waals surface area contributed by atoms with E-state index in [9.17, 15) is 9.59 Å². The second kappa shape index (κ2) is 8.30. The summed E-state index contributed by atoms with van der Waals surface area (Å²) in [6.45, 7) is 1.76. The molecule has 1 fully saturated rings. The average molecular weight is 405 g/mol.